The van der Waals surface area contributed by atoms with Gasteiger partial charge < -0.3 is 4.74 Å². The largest absolute Gasteiger partial charge is 0.382 e. The standard InChI is InChI=1S/C12H19FN2O/c1-2-16-9-5-8-12(15-14)10-6-3-4-7-11(10)13/h3-4,6-7,12,15H,2,5,8-9,14H2,1H3. The van der Waals surface area contributed by atoms with E-state index in [1.54, 1.807) is 12.1 Å². The third-order valence-electron chi connectivity index (χ3n) is 2.47. The first-order valence-corrected chi connectivity index (χ1v) is 5.58. The molecule has 0 amide bonds. The Morgan fingerprint density at radius 3 is 2.81 bits per heavy atom. The molecule has 1 unspecified atom stereocenters. The number of hydrogen-bond acceptors (Lipinski definition) is 3. The van der Waals surface area contributed by atoms with E-state index in [9.17, 15) is 4.39 Å². The van der Waals surface area contributed by atoms with Crippen molar-refractivity contribution >= 4 is 0 Å². The van der Waals surface area contributed by atoms with E-state index < -0.39 is 0 Å². The van der Waals surface area contributed by atoms with Crippen molar-refractivity contribution in [3.63, 3.8) is 0 Å². The summed E-state index contributed by atoms with van der Waals surface area (Å²) in [5.74, 6) is 5.21. The van der Waals surface area contributed by atoms with Crippen molar-refractivity contribution < 1.29 is 9.13 Å². The molecule has 0 aliphatic heterocycles. The number of rotatable bonds is 7. The molecule has 0 spiro atoms. The van der Waals surface area contributed by atoms with Crippen LogP contribution in [0.1, 0.15) is 31.4 Å². The summed E-state index contributed by atoms with van der Waals surface area (Å²) in [5.41, 5.74) is 3.25. The summed E-state index contributed by atoms with van der Waals surface area (Å²) in [5, 5.41) is 0. The van der Waals surface area contributed by atoms with Gasteiger partial charge in [-0.15, -0.1) is 0 Å². The fourth-order valence-electron chi connectivity index (χ4n) is 1.62. The number of nitrogens with one attached hydrogen (secondary N) is 1. The van der Waals surface area contributed by atoms with E-state index in [0.717, 1.165) is 12.8 Å². The third kappa shape index (κ3) is 3.89. The first kappa shape index (κ1) is 13.1. The zero-order valence-corrected chi connectivity index (χ0v) is 9.58. The molecule has 3 nitrogen and oxygen atoms in total. The van der Waals surface area contributed by atoms with Crippen LogP contribution in [-0.2, 0) is 4.74 Å². The van der Waals surface area contributed by atoms with E-state index in [1.807, 2.05) is 13.0 Å². The van der Waals surface area contributed by atoms with Crippen molar-refractivity contribution in [1.82, 2.24) is 5.43 Å². The van der Waals surface area contributed by atoms with Gasteiger partial charge in [0.1, 0.15) is 5.82 Å². The van der Waals surface area contributed by atoms with Crippen LogP contribution < -0.4 is 11.3 Å². The molecule has 0 bridgehead atoms. The van der Waals surface area contributed by atoms with Crippen molar-refractivity contribution in [3.05, 3.63) is 35.6 Å². The first-order chi connectivity index (χ1) is 7.79. The van der Waals surface area contributed by atoms with Gasteiger partial charge in [-0.1, -0.05) is 18.2 Å². The van der Waals surface area contributed by atoms with Gasteiger partial charge in [0.25, 0.3) is 0 Å². The summed E-state index contributed by atoms with van der Waals surface area (Å²) in [6.07, 6.45) is 1.62. The highest BCUT2D eigenvalue weighted by atomic mass is 19.1. The van der Waals surface area contributed by atoms with Crippen molar-refractivity contribution in [2.75, 3.05) is 13.2 Å². The lowest BCUT2D eigenvalue weighted by molar-refractivity contribution is 0.140. The quantitative estimate of drug-likeness (QED) is 0.425. The lowest BCUT2D eigenvalue weighted by Crippen LogP contribution is -2.28. The Morgan fingerprint density at radius 2 is 2.19 bits per heavy atom. The van der Waals surface area contributed by atoms with Crippen LogP contribution in [0, 0.1) is 5.82 Å². The minimum Gasteiger partial charge on any atom is -0.382 e. The number of ether oxygens (including phenoxy) is 1. The molecule has 0 saturated heterocycles. The maximum absolute atomic E-state index is 13.5. The predicted octanol–water partition coefficient (Wildman–Crippen LogP) is 2.15. The van der Waals surface area contributed by atoms with E-state index in [-0.39, 0.29) is 11.9 Å². The molecule has 0 fully saturated rings. The molecular weight excluding hydrogens is 207 g/mol. The summed E-state index contributed by atoms with van der Waals surface area (Å²) < 4.78 is 18.7. The molecule has 0 heterocycles. The van der Waals surface area contributed by atoms with E-state index in [0.29, 0.717) is 18.8 Å². The number of benzene rings is 1. The van der Waals surface area contributed by atoms with Gasteiger partial charge in [0.15, 0.2) is 0 Å². The SMILES string of the molecule is CCOCCCC(NN)c1ccccc1F. The van der Waals surface area contributed by atoms with Gasteiger partial charge in [0, 0.05) is 24.8 Å². The maximum Gasteiger partial charge on any atom is 0.128 e. The van der Waals surface area contributed by atoms with Gasteiger partial charge in [-0.05, 0) is 25.8 Å². The zero-order valence-electron chi connectivity index (χ0n) is 9.58. The molecule has 1 aromatic carbocycles. The molecule has 0 saturated carbocycles. The van der Waals surface area contributed by atoms with Crippen LogP contribution in [0.5, 0.6) is 0 Å². The second-order valence-electron chi connectivity index (χ2n) is 3.58. The summed E-state index contributed by atoms with van der Waals surface area (Å²) in [4.78, 5) is 0. The van der Waals surface area contributed by atoms with E-state index in [1.165, 1.54) is 6.07 Å². The van der Waals surface area contributed by atoms with Crippen molar-refractivity contribution in [2.24, 2.45) is 5.84 Å². The molecule has 3 N–H and O–H groups in total. The van der Waals surface area contributed by atoms with Crippen molar-refractivity contribution in [1.29, 1.82) is 0 Å². The van der Waals surface area contributed by atoms with Crippen LogP contribution in [-0.4, -0.2) is 13.2 Å². The summed E-state index contributed by atoms with van der Waals surface area (Å²) in [6.45, 7) is 3.35. The molecule has 16 heavy (non-hydrogen) atoms. The molecule has 0 aromatic heterocycles. The lowest BCUT2D eigenvalue weighted by Gasteiger charge is -2.16. The Labute approximate surface area is 95.8 Å². The van der Waals surface area contributed by atoms with Gasteiger partial charge in [0.2, 0.25) is 0 Å². The first-order valence-electron chi connectivity index (χ1n) is 5.58. The average molecular weight is 226 g/mol. The second kappa shape index (κ2) is 7.33. The highest BCUT2D eigenvalue weighted by Gasteiger charge is 2.12. The smallest absolute Gasteiger partial charge is 0.128 e. The Hall–Kier alpha value is -0.970. The molecule has 1 rings (SSSR count). The second-order valence-corrected chi connectivity index (χ2v) is 3.58. The average Bonchev–Trinajstić information content (AvgIpc) is 2.31. The Morgan fingerprint density at radius 1 is 1.44 bits per heavy atom. The maximum atomic E-state index is 13.5. The molecule has 4 heteroatoms. The predicted molar refractivity (Wildman–Crippen MR) is 62.2 cm³/mol. The number of hydrazine groups is 1. The van der Waals surface area contributed by atoms with E-state index in [4.69, 9.17) is 10.6 Å². The summed E-state index contributed by atoms with van der Waals surface area (Å²) in [7, 11) is 0. The van der Waals surface area contributed by atoms with Gasteiger partial charge in [-0.3, -0.25) is 11.3 Å². The topological polar surface area (TPSA) is 47.3 Å². The molecule has 0 radical (unpaired) electrons. The van der Waals surface area contributed by atoms with Crippen LogP contribution in [0.25, 0.3) is 0 Å². The number of hydrogen-bond donors (Lipinski definition) is 2. The molecule has 1 atom stereocenters. The van der Waals surface area contributed by atoms with Crippen LogP contribution >= 0.6 is 0 Å². The van der Waals surface area contributed by atoms with E-state index in [2.05, 4.69) is 5.43 Å². The highest BCUT2D eigenvalue weighted by Crippen LogP contribution is 2.20. The highest BCUT2D eigenvalue weighted by molar-refractivity contribution is 5.20. The van der Waals surface area contributed by atoms with E-state index >= 15 is 0 Å². The van der Waals surface area contributed by atoms with Gasteiger partial charge in [0.05, 0.1) is 0 Å². The molecular formula is C12H19FN2O. The van der Waals surface area contributed by atoms with Gasteiger partial charge in [-0.2, -0.15) is 0 Å². The van der Waals surface area contributed by atoms with Crippen LogP contribution in [0.2, 0.25) is 0 Å². The summed E-state index contributed by atoms with van der Waals surface area (Å²) in [6, 6.07) is 6.53. The molecule has 90 valence electrons. The number of halogens is 1. The van der Waals surface area contributed by atoms with Crippen LogP contribution in [0.15, 0.2) is 24.3 Å². The molecule has 1 aromatic rings. The minimum absolute atomic E-state index is 0.151. The molecule has 0 aliphatic carbocycles. The number of nitrogens with two attached hydrogens (primary N) is 1. The van der Waals surface area contributed by atoms with Crippen LogP contribution in [0.3, 0.4) is 0 Å². The monoisotopic (exact) mass is 226 g/mol. The minimum atomic E-state index is -0.221. The summed E-state index contributed by atoms with van der Waals surface area (Å²) >= 11 is 0. The molecule has 0 aliphatic rings. The van der Waals surface area contributed by atoms with Gasteiger partial charge >= 0.3 is 0 Å². The Balaban J connectivity index is 2.51. The Kier molecular flexibility index (Phi) is 6.00. The lowest BCUT2D eigenvalue weighted by atomic mass is 10.0. The third-order valence-corrected chi connectivity index (χ3v) is 2.47. The normalized spacial score (nSPS) is 12.7. The van der Waals surface area contributed by atoms with Crippen LogP contribution in [0.4, 0.5) is 4.39 Å². The fraction of sp³-hybridized carbons (Fsp3) is 0.500. The fourth-order valence-corrected chi connectivity index (χ4v) is 1.62. The Bertz CT molecular complexity index is 307. The zero-order chi connectivity index (χ0) is 11.8. The van der Waals surface area contributed by atoms with Gasteiger partial charge in [-0.25, -0.2) is 4.39 Å². The van der Waals surface area contributed by atoms with Crippen molar-refractivity contribution in [3.8, 4) is 0 Å². The van der Waals surface area contributed by atoms with Crippen molar-refractivity contribution in [2.45, 2.75) is 25.8 Å².